The molecule has 1 aliphatic rings. The van der Waals surface area contributed by atoms with Gasteiger partial charge in [0.25, 0.3) is 0 Å². The van der Waals surface area contributed by atoms with Crippen LogP contribution in [0.3, 0.4) is 0 Å². The lowest BCUT2D eigenvalue weighted by Crippen LogP contribution is -2.35. The molecule has 4 aromatic rings. The summed E-state index contributed by atoms with van der Waals surface area (Å²) in [5.74, 6) is 0. The van der Waals surface area contributed by atoms with Crippen molar-refractivity contribution in [3.8, 4) is 0 Å². The summed E-state index contributed by atoms with van der Waals surface area (Å²) in [4.78, 5) is 2.47. The molecule has 0 bridgehead atoms. The van der Waals surface area contributed by atoms with Gasteiger partial charge < -0.3 is 4.57 Å². The Bertz CT molecular complexity index is 1120. The zero-order valence-corrected chi connectivity index (χ0v) is 16.2. The highest BCUT2D eigenvalue weighted by Crippen LogP contribution is 2.32. The van der Waals surface area contributed by atoms with Gasteiger partial charge in [-0.05, 0) is 48.4 Å². The van der Waals surface area contributed by atoms with Gasteiger partial charge in [-0.15, -0.1) is 0 Å². The molecular formula is C25H26N2. The molecule has 0 amide bonds. The summed E-state index contributed by atoms with van der Waals surface area (Å²) >= 11 is 0. The van der Waals surface area contributed by atoms with Gasteiger partial charge in [-0.25, -0.2) is 0 Å². The summed E-state index contributed by atoms with van der Waals surface area (Å²) in [7, 11) is 2.24. The van der Waals surface area contributed by atoms with E-state index in [1.54, 1.807) is 5.69 Å². The summed E-state index contributed by atoms with van der Waals surface area (Å²) in [6.45, 7) is 4.44. The van der Waals surface area contributed by atoms with E-state index in [4.69, 9.17) is 0 Å². The average Bonchev–Trinajstić information content (AvgIpc) is 2.99. The van der Waals surface area contributed by atoms with E-state index in [1.807, 2.05) is 0 Å². The van der Waals surface area contributed by atoms with Gasteiger partial charge in [0, 0.05) is 42.1 Å². The topological polar surface area (TPSA) is 8.17 Å². The Labute approximate surface area is 161 Å². The standard InChI is InChI=1S/C25H26N2/c1-18-15-25-23(17-26(18)2)22-9-5-6-10-24(22)27(25)14-13-19-11-12-20-7-3-4-8-21(20)16-19/h3-12,16,18H,13-15,17H2,1-2H3. The first kappa shape index (κ1) is 16.6. The largest absolute Gasteiger partial charge is 0.344 e. The van der Waals surface area contributed by atoms with E-state index in [0.29, 0.717) is 6.04 Å². The molecule has 0 fully saturated rings. The van der Waals surface area contributed by atoms with E-state index in [1.165, 1.54) is 32.8 Å². The molecule has 1 unspecified atom stereocenters. The van der Waals surface area contributed by atoms with Crippen LogP contribution in [0.1, 0.15) is 23.7 Å². The Morgan fingerprint density at radius 1 is 0.926 bits per heavy atom. The lowest BCUT2D eigenvalue weighted by Gasteiger charge is -2.31. The molecule has 1 atom stereocenters. The van der Waals surface area contributed by atoms with Crippen molar-refractivity contribution < 1.29 is 0 Å². The summed E-state index contributed by atoms with van der Waals surface area (Å²) in [5, 5.41) is 4.09. The van der Waals surface area contributed by atoms with Crippen molar-refractivity contribution in [2.45, 2.75) is 38.9 Å². The van der Waals surface area contributed by atoms with Crippen LogP contribution in [-0.4, -0.2) is 22.6 Å². The van der Waals surface area contributed by atoms with Gasteiger partial charge >= 0.3 is 0 Å². The fourth-order valence-electron chi connectivity index (χ4n) is 4.57. The van der Waals surface area contributed by atoms with Crippen LogP contribution in [0, 0.1) is 0 Å². The molecule has 5 rings (SSSR count). The van der Waals surface area contributed by atoms with Crippen LogP contribution in [0.15, 0.2) is 66.7 Å². The Morgan fingerprint density at radius 3 is 2.59 bits per heavy atom. The second-order valence-electron chi connectivity index (χ2n) is 7.99. The molecule has 27 heavy (non-hydrogen) atoms. The number of aromatic nitrogens is 1. The molecule has 1 aliphatic heterocycles. The van der Waals surface area contributed by atoms with Crippen LogP contribution in [0.5, 0.6) is 0 Å². The predicted molar refractivity (Wildman–Crippen MR) is 114 cm³/mol. The smallest absolute Gasteiger partial charge is 0.0486 e. The summed E-state index contributed by atoms with van der Waals surface area (Å²) in [5.41, 5.74) is 5.89. The van der Waals surface area contributed by atoms with Gasteiger partial charge in [-0.2, -0.15) is 0 Å². The van der Waals surface area contributed by atoms with Gasteiger partial charge in [0.2, 0.25) is 0 Å². The van der Waals surface area contributed by atoms with Crippen molar-refractivity contribution in [3.63, 3.8) is 0 Å². The third-order valence-corrected chi connectivity index (χ3v) is 6.28. The Morgan fingerprint density at radius 2 is 1.70 bits per heavy atom. The van der Waals surface area contributed by atoms with Gasteiger partial charge in [0.15, 0.2) is 0 Å². The van der Waals surface area contributed by atoms with Crippen LogP contribution in [0.4, 0.5) is 0 Å². The maximum atomic E-state index is 2.59. The number of fused-ring (bicyclic) bond motifs is 4. The van der Waals surface area contributed by atoms with E-state index in [0.717, 1.165) is 25.9 Å². The Balaban J connectivity index is 1.52. The zero-order valence-electron chi connectivity index (χ0n) is 16.2. The van der Waals surface area contributed by atoms with Crippen LogP contribution in [-0.2, 0) is 25.9 Å². The van der Waals surface area contributed by atoms with Gasteiger partial charge in [0.05, 0.1) is 0 Å². The Kier molecular flexibility index (Phi) is 4.02. The van der Waals surface area contributed by atoms with E-state index in [9.17, 15) is 0 Å². The van der Waals surface area contributed by atoms with Crippen LogP contribution < -0.4 is 0 Å². The van der Waals surface area contributed by atoms with Gasteiger partial charge in [-0.1, -0.05) is 60.7 Å². The van der Waals surface area contributed by atoms with E-state index in [2.05, 4.69) is 90.2 Å². The van der Waals surface area contributed by atoms with E-state index >= 15 is 0 Å². The monoisotopic (exact) mass is 354 g/mol. The van der Waals surface area contributed by atoms with Crippen molar-refractivity contribution in [2.75, 3.05) is 7.05 Å². The molecule has 0 N–H and O–H groups in total. The first-order valence-electron chi connectivity index (χ1n) is 9.97. The van der Waals surface area contributed by atoms with Crippen molar-refractivity contribution >= 4 is 21.7 Å². The fraction of sp³-hybridized carbons (Fsp3) is 0.280. The number of likely N-dealkylation sites (N-methyl/N-ethyl adjacent to an activating group) is 1. The number of rotatable bonds is 3. The predicted octanol–water partition coefficient (Wildman–Crippen LogP) is 5.41. The van der Waals surface area contributed by atoms with Crippen LogP contribution in [0.25, 0.3) is 21.7 Å². The number of hydrogen-bond acceptors (Lipinski definition) is 1. The second kappa shape index (κ2) is 6.54. The van der Waals surface area contributed by atoms with Gasteiger partial charge in [0.1, 0.15) is 0 Å². The van der Waals surface area contributed by atoms with E-state index < -0.39 is 0 Å². The quantitative estimate of drug-likeness (QED) is 0.477. The molecule has 2 nitrogen and oxygen atoms in total. The minimum absolute atomic E-state index is 0.598. The normalized spacial score (nSPS) is 17.5. The zero-order chi connectivity index (χ0) is 18.4. The maximum Gasteiger partial charge on any atom is 0.0486 e. The summed E-state index contributed by atoms with van der Waals surface area (Å²) < 4.78 is 2.59. The molecule has 0 saturated carbocycles. The van der Waals surface area contributed by atoms with Crippen molar-refractivity contribution in [2.24, 2.45) is 0 Å². The first-order valence-corrected chi connectivity index (χ1v) is 9.97. The van der Waals surface area contributed by atoms with E-state index in [-0.39, 0.29) is 0 Å². The molecule has 136 valence electrons. The van der Waals surface area contributed by atoms with Crippen LogP contribution in [0.2, 0.25) is 0 Å². The number of aryl methyl sites for hydroxylation is 2. The molecule has 1 aromatic heterocycles. The Hall–Kier alpha value is -2.58. The number of para-hydroxylation sites is 1. The van der Waals surface area contributed by atoms with Crippen molar-refractivity contribution in [1.29, 1.82) is 0 Å². The highest BCUT2D eigenvalue weighted by Gasteiger charge is 2.26. The summed E-state index contributed by atoms with van der Waals surface area (Å²) in [6, 6.07) is 25.1. The van der Waals surface area contributed by atoms with Gasteiger partial charge in [-0.3, -0.25) is 4.90 Å². The molecule has 0 saturated heterocycles. The minimum Gasteiger partial charge on any atom is -0.344 e. The minimum atomic E-state index is 0.598. The van der Waals surface area contributed by atoms with Crippen LogP contribution >= 0.6 is 0 Å². The highest BCUT2D eigenvalue weighted by atomic mass is 15.1. The molecule has 0 aliphatic carbocycles. The third-order valence-electron chi connectivity index (χ3n) is 6.28. The molecular weight excluding hydrogens is 328 g/mol. The average molecular weight is 354 g/mol. The SMILES string of the molecule is CC1Cc2c(c3ccccc3n2CCc2ccc3ccccc3c2)CN1C. The number of hydrogen-bond donors (Lipinski definition) is 0. The molecule has 2 heterocycles. The maximum absolute atomic E-state index is 2.59. The fourth-order valence-corrected chi connectivity index (χ4v) is 4.57. The number of nitrogens with zero attached hydrogens (tertiary/aromatic N) is 2. The molecule has 3 aromatic carbocycles. The second-order valence-corrected chi connectivity index (χ2v) is 7.99. The van der Waals surface area contributed by atoms with Crippen molar-refractivity contribution in [1.82, 2.24) is 9.47 Å². The molecule has 0 radical (unpaired) electrons. The first-order chi connectivity index (χ1) is 13.2. The molecule has 0 spiro atoms. The highest BCUT2D eigenvalue weighted by molar-refractivity contribution is 5.86. The van der Waals surface area contributed by atoms with Crippen molar-refractivity contribution in [3.05, 3.63) is 83.6 Å². The molecule has 2 heteroatoms. The summed E-state index contributed by atoms with van der Waals surface area (Å²) in [6.07, 6.45) is 2.21. The number of benzene rings is 3. The lowest BCUT2D eigenvalue weighted by atomic mass is 10.00. The third kappa shape index (κ3) is 2.85. The lowest BCUT2D eigenvalue weighted by molar-refractivity contribution is 0.228.